The van der Waals surface area contributed by atoms with Gasteiger partial charge in [0.1, 0.15) is 29.2 Å². The Morgan fingerprint density at radius 1 is 1.00 bits per heavy atom. The summed E-state index contributed by atoms with van der Waals surface area (Å²) < 4.78 is 5.43. The molecule has 216 valence electrons. The Kier molecular flexibility index (Phi) is 10.6. The first-order chi connectivity index (χ1) is 19.0. The molecule has 2 unspecified atom stereocenters. The molecule has 2 aromatic carbocycles. The number of phenolic OH excluding ortho intramolecular Hbond substituents is 2. The van der Waals surface area contributed by atoms with Crippen molar-refractivity contribution < 1.29 is 29.3 Å². The van der Waals surface area contributed by atoms with Crippen LogP contribution in [-0.2, 0) is 20.7 Å². The van der Waals surface area contributed by atoms with Crippen LogP contribution in [-0.4, -0.2) is 57.3 Å². The summed E-state index contributed by atoms with van der Waals surface area (Å²) in [6.45, 7) is 9.02. The average molecular weight is 552 g/mol. The van der Waals surface area contributed by atoms with Gasteiger partial charge in [0, 0.05) is 19.0 Å². The predicted octanol–water partition coefficient (Wildman–Crippen LogP) is 4.74. The van der Waals surface area contributed by atoms with Crippen LogP contribution in [0.5, 0.6) is 11.5 Å². The second-order valence-electron chi connectivity index (χ2n) is 11.2. The Hall–Kier alpha value is -4.01. The van der Waals surface area contributed by atoms with Gasteiger partial charge in [-0.1, -0.05) is 49.6 Å². The molecule has 2 aromatic rings. The smallest absolute Gasteiger partial charge is 0.408 e. The molecule has 1 aliphatic carbocycles. The van der Waals surface area contributed by atoms with E-state index < -0.39 is 29.7 Å². The van der Waals surface area contributed by atoms with Crippen molar-refractivity contribution in [2.75, 3.05) is 6.54 Å². The molecule has 0 heterocycles. The van der Waals surface area contributed by atoms with Crippen LogP contribution in [0.4, 0.5) is 4.79 Å². The van der Waals surface area contributed by atoms with Gasteiger partial charge in [-0.3, -0.25) is 9.59 Å². The number of benzene rings is 2. The third-order valence-electron chi connectivity index (χ3n) is 6.69. The third kappa shape index (κ3) is 9.03. The Morgan fingerprint density at radius 3 is 2.12 bits per heavy atom. The quantitative estimate of drug-likeness (QED) is 0.316. The monoisotopic (exact) mass is 551 g/mol. The van der Waals surface area contributed by atoms with Crippen LogP contribution in [0.25, 0.3) is 0 Å². The maximum atomic E-state index is 14.2. The summed E-state index contributed by atoms with van der Waals surface area (Å²) in [6.07, 6.45) is 5.78. The van der Waals surface area contributed by atoms with Gasteiger partial charge in [-0.25, -0.2) is 4.79 Å². The average Bonchev–Trinajstić information content (AvgIpc) is 2.89. The van der Waals surface area contributed by atoms with E-state index >= 15 is 0 Å². The van der Waals surface area contributed by atoms with Gasteiger partial charge < -0.3 is 30.5 Å². The molecule has 0 radical (unpaired) electrons. The second-order valence-corrected chi connectivity index (χ2v) is 11.2. The molecule has 9 heteroatoms. The van der Waals surface area contributed by atoms with Crippen molar-refractivity contribution in [3.05, 3.63) is 72.3 Å². The minimum absolute atomic E-state index is 0.00855. The first-order valence-corrected chi connectivity index (χ1v) is 13.7. The van der Waals surface area contributed by atoms with Crippen molar-refractivity contribution in [1.82, 2.24) is 15.5 Å². The van der Waals surface area contributed by atoms with E-state index in [0.717, 1.165) is 32.1 Å². The number of carbonyl (C=O) groups is 3. The number of amides is 3. The Bertz CT molecular complexity index is 1150. The second kappa shape index (κ2) is 13.9. The van der Waals surface area contributed by atoms with Gasteiger partial charge in [0.25, 0.3) is 0 Å². The fourth-order valence-corrected chi connectivity index (χ4v) is 4.84. The lowest BCUT2D eigenvalue weighted by Gasteiger charge is -2.35. The molecule has 40 heavy (non-hydrogen) atoms. The molecule has 0 bridgehead atoms. The lowest BCUT2D eigenvalue weighted by atomic mass is 9.94. The number of hydrogen-bond donors (Lipinski definition) is 4. The zero-order valence-corrected chi connectivity index (χ0v) is 23.6. The molecule has 3 rings (SSSR count). The summed E-state index contributed by atoms with van der Waals surface area (Å²) in [5.74, 6) is -0.732. The van der Waals surface area contributed by atoms with Gasteiger partial charge >= 0.3 is 6.09 Å². The van der Waals surface area contributed by atoms with Crippen molar-refractivity contribution in [2.45, 2.75) is 83.0 Å². The summed E-state index contributed by atoms with van der Waals surface area (Å²) in [5, 5.41) is 25.4. The fourth-order valence-electron chi connectivity index (χ4n) is 4.84. The Morgan fingerprint density at radius 2 is 1.57 bits per heavy atom. The number of ether oxygens (including phenoxy) is 1. The number of hydrogen-bond acceptors (Lipinski definition) is 6. The highest BCUT2D eigenvalue weighted by molar-refractivity contribution is 5.92. The van der Waals surface area contributed by atoms with Crippen LogP contribution in [0.2, 0.25) is 0 Å². The lowest BCUT2D eigenvalue weighted by Crippen LogP contribution is -2.54. The SMILES string of the molecule is C=CCN(C(=O)C(Cc1ccc(O)cc1)NC(=O)OC(C)(C)C)C(C(=O)NC1CCCCC1)c1ccc(O)cc1. The lowest BCUT2D eigenvalue weighted by molar-refractivity contribution is -0.142. The van der Waals surface area contributed by atoms with E-state index in [9.17, 15) is 24.6 Å². The van der Waals surface area contributed by atoms with Crippen molar-refractivity contribution in [3.8, 4) is 11.5 Å². The van der Waals surface area contributed by atoms with Gasteiger partial charge in [-0.15, -0.1) is 6.58 Å². The summed E-state index contributed by atoms with van der Waals surface area (Å²) >= 11 is 0. The summed E-state index contributed by atoms with van der Waals surface area (Å²) in [6, 6.07) is 10.4. The molecule has 0 aromatic heterocycles. The zero-order valence-electron chi connectivity index (χ0n) is 23.6. The van der Waals surface area contributed by atoms with Crippen molar-refractivity contribution in [2.24, 2.45) is 0 Å². The summed E-state index contributed by atoms with van der Waals surface area (Å²) in [4.78, 5) is 42.2. The van der Waals surface area contributed by atoms with Crippen LogP contribution in [0.1, 0.15) is 70.0 Å². The maximum Gasteiger partial charge on any atom is 0.408 e. The van der Waals surface area contributed by atoms with Gasteiger partial charge in [-0.05, 0) is 69.0 Å². The van der Waals surface area contributed by atoms with Gasteiger partial charge in [0.05, 0.1) is 0 Å². The van der Waals surface area contributed by atoms with E-state index in [1.165, 1.54) is 35.2 Å². The predicted molar refractivity (Wildman–Crippen MR) is 153 cm³/mol. The van der Waals surface area contributed by atoms with Crippen LogP contribution < -0.4 is 10.6 Å². The van der Waals surface area contributed by atoms with Crippen LogP contribution >= 0.6 is 0 Å². The fraction of sp³-hybridized carbons (Fsp3) is 0.452. The molecule has 0 spiro atoms. The first-order valence-electron chi connectivity index (χ1n) is 13.7. The highest BCUT2D eigenvalue weighted by Gasteiger charge is 2.36. The zero-order chi connectivity index (χ0) is 29.3. The molecule has 3 amide bonds. The number of nitrogens with zero attached hydrogens (tertiary/aromatic N) is 1. The molecular weight excluding hydrogens is 510 g/mol. The highest BCUT2D eigenvalue weighted by atomic mass is 16.6. The van der Waals surface area contributed by atoms with Crippen LogP contribution in [0.3, 0.4) is 0 Å². The normalized spacial score (nSPS) is 15.4. The van der Waals surface area contributed by atoms with Crippen molar-refractivity contribution in [3.63, 3.8) is 0 Å². The van der Waals surface area contributed by atoms with E-state index in [2.05, 4.69) is 17.2 Å². The van der Waals surface area contributed by atoms with Crippen molar-refractivity contribution >= 4 is 17.9 Å². The van der Waals surface area contributed by atoms with Gasteiger partial charge in [0.2, 0.25) is 11.8 Å². The number of nitrogens with one attached hydrogen (secondary N) is 2. The van der Waals surface area contributed by atoms with Gasteiger partial charge in [0.15, 0.2) is 0 Å². The van der Waals surface area contributed by atoms with E-state index in [4.69, 9.17) is 4.74 Å². The Balaban J connectivity index is 1.98. The molecule has 0 saturated heterocycles. The van der Waals surface area contributed by atoms with Crippen LogP contribution in [0, 0.1) is 0 Å². The Labute approximate surface area is 236 Å². The highest BCUT2D eigenvalue weighted by Crippen LogP contribution is 2.27. The van der Waals surface area contributed by atoms with Gasteiger partial charge in [-0.2, -0.15) is 0 Å². The van der Waals surface area contributed by atoms with E-state index in [-0.39, 0.29) is 36.4 Å². The summed E-state index contributed by atoms with van der Waals surface area (Å²) in [5.41, 5.74) is 0.423. The van der Waals surface area contributed by atoms with Crippen molar-refractivity contribution in [1.29, 1.82) is 0 Å². The molecule has 1 aliphatic rings. The van der Waals surface area contributed by atoms with E-state index in [0.29, 0.717) is 11.1 Å². The number of alkyl carbamates (subject to hydrolysis) is 1. The number of phenols is 2. The topological polar surface area (TPSA) is 128 Å². The summed E-state index contributed by atoms with van der Waals surface area (Å²) in [7, 11) is 0. The largest absolute Gasteiger partial charge is 0.508 e. The number of aromatic hydroxyl groups is 2. The molecule has 1 saturated carbocycles. The number of rotatable bonds is 10. The molecule has 9 nitrogen and oxygen atoms in total. The molecule has 4 N–H and O–H groups in total. The van der Waals surface area contributed by atoms with E-state index in [1.807, 2.05) is 0 Å². The van der Waals surface area contributed by atoms with Crippen LogP contribution in [0.15, 0.2) is 61.2 Å². The first kappa shape index (κ1) is 30.5. The maximum absolute atomic E-state index is 14.2. The minimum atomic E-state index is -1.08. The molecule has 2 atom stereocenters. The standard InChI is InChI=1S/C31H41N3O6/c1-5-19-34(27(22-13-17-25(36)18-14-22)28(37)32-23-9-7-6-8-10-23)29(38)26(33-30(39)40-31(2,3)4)20-21-11-15-24(35)16-12-21/h5,11-18,23,26-27,35-36H,1,6-10,19-20H2,2-4H3,(H,32,37)(H,33,39). The molecule has 0 aliphatic heterocycles. The third-order valence-corrected chi connectivity index (χ3v) is 6.69. The van der Waals surface area contributed by atoms with E-state index in [1.54, 1.807) is 45.0 Å². The molecule has 1 fully saturated rings. The molecular formula is C31H41N3O6. The minimum Gasteiger partial charge on any atom is -0.508 e. The number of carbonyl (C=O) groups excluding carboxylic acids is 3.